The number of rotatable bonds is 7. The molecule has 0 saturated carbocycles. The number of nitrogens with zero attached hydrogens (tertiary/aromatic N) is 1. The fourth-order valence-corrected chi connectivity index (χ4v) is 4.36. The van der Waals surface area contributed by atoms with Crippen molar-refractivity contribution in [2.45, 2.75) is 6.61 Å². The molecule has 35 heavy (non-hydrogen) atoms. The van der Waals surface area contributed by atoms with Gasteiger partial charge >= 0.3 is 0 Å². The van der Waals surface area contributed by atoms with Crippen LogP contribution in [0.5, 0.6) is 23.0 Å². The molecule has 0 aromatic heterocycles. The second-order valence-electron chi connectivity index (χ2n) is 7.73. The molecule has 8 heteroatoms. The fraction of sp³-hybridized carbons (Fsp3) is 0.111. The van der Waals surface area contributed by atoms with Crippen LogP contribution < -0.4 is 24.4 Å². The highest BCUT2D eigenvalue weighted by Crippen LogP contribution is 2.37. The Balaban J connectivity index is 1.28. The van der Waals surface area contributed by atoms with Crippen molar-refractivity contribution >= 4 is 38.8 Å². The summed E-state index contributed by atoms with van der Waals surface area (Å²) in [6.45, 7) is 0.534. The zero-order valence-corrected chi connectivity index (χ0v) is 20.4. The highest BCUT2D eigenvalue weighted by atomic mass is 79.9. The summed E-state index contributed by atoms with van der Waals surface area (Å²) in [5.41, 5.74) is 4.74. The predicted octanol–water partition coefficient (Wildman–Crippen LogP) is 5.68. The maximum Gasteiger partial charge on any atom is 0.271 e. The van der Waals surface area contributed by atoms with Crippen molar-refractivity contribution < 1.29 is 23.7 Å². The Labute approximate surface area is 210 Å². The largest absolute Gasteiger partial charge is 0.493 e. The first-order chi connectivity index (χ1) is 17.1. The van der Waals surface area contributed by atoms with Crippen molar-refractivity contribution in [1.29, 1.82) is 0 Å². The second-order valence-corrected chi connectivity index (χ2v) is 8.58. The molecule has 1 aliphatic rings. The number of hydrogen-bond donors (Lipinski definition) is 1. The number of nitrogens with one attached hydrogen (secondary N) is 1. The van der Waals surface area contributed by atoms with E-state index in [0.717, 1.165) is 21.9 Å². The van der Waals surface area contributed by atoms with Gasteiger partial charge in [0.05, 0.1) is 17.8 Å². The van der Waals surface area contributed by atoms with E-state index in [1.165, 1.54) is 6.21 Å². The lowest BCUT2D eigenvalue weighted by Crippen LogP contribution is -2.17. The van der Waals surface area contributed by atoms with Crippen LogP contribution >= 0.6 is 15.9 Å². The van der Waals surface area contributed by atoms with Gasteiger partial charge in [0.1, 0.15) is 6.61 Å². The Hall–Kier alpha value is -4.04. The predicted molar refractivity (Wildman–Crippen MR) is 137 cm³/mol. The summed E-state index contributed by atoms with van der Waals surface area (Å²) in [5, 5.41) is 6.38. The van der Waals surface area contributed by atoms with E-state index in [1.54, 1.807) is 31.4 Å². The van der Waals surface area contributed by atoms with Crippen molar-refractivity contribution in [3.05, 3.63) is 94.0 Å². The van der Waals surface area contributed by atoms with Crippen molar-refractivity contribution in [3.8, 4) is 23.0 Å². The summed E-state index contributed by atoms with van der Waals surface area (Å²) < 4.78 is 23.0. The number of halogens is 1. The number of hydrogen-bond acceptors (Lipinski definition) is 6. The van der Waals surface area contributed by atoms with Crippen LogP contribution in [-0.2, 0) is 6.61 Å². The molecule has 0 bridgehead atoms. The lowest BCUT2D eigenvalue weighted by molar-refractivity contribution is 0.0954. The van der Waals surface area contributed by atoms with Gasteiger partial charge in [0, 0.05) is 5.56 Å². The summed E-state index contributed by atoms with van der Waals surface area (Å²) >= 11 is 3.57. The molecular formula is C27H21BrN2O5. The standard InChI is InChI=1S/C27H21BrN2O5/c1-32-25-12-17(14-29-30-27(31)19-9-10-23-24(13-19)35-16-34-23)11-22(28)26(25)33-15-20-7-4-6-18-5-2-3-8-21(18)20/h2-14H,15-16H2,1H3,(H,30,31)/b29-14-. The van der Waals surface area contributed by atoms with Crippen LogP contribution in [0.15, 0.2) is 82.4 Å². The summed E-state index contributed by atoms with van der Waals surface area (Å²) in [4.78, 5) is 12.4. The minimum absolute atomic E-state index is 0.150. The smallest absolute Gasteiger partial charge is 0.271 e. The van der Waals surface area contributed by atoms with E-state index in [0.29, 0.717) is 39.6 Å². The molecule has 5 rings (SSSR count). The third-order valence-electron chi connectivity index (χ3n) is 5.52. The number of fused-ring (bicyclic) bond motifs is 2. The van der Waals surface area contributed by atoms with Crippen molar-refractivity contribution in [3.63, 3.8) is 0 Å². The molecule has 0 fully saturated rings. The highest BCUT2D eigenvalue weighted by molar-refractivity contribution is 9.10. The van der Waals surface area contributed by atoms with E-state index < -0.39 is 0 Å². The monoisotopic (exact) mass is 532 g/mol. The minimum Gasteiger partial charge on any atom is -0.493 e. The number of carbonyl (C=O) groups excluding carboxylic acids is 1. The highest BCUT2D eigenvalue weighted by Gasteiger charge is 2.16. The van der Waals surface area contributed by atoms with E-state index in [9.17, 15) is 4.79 Å². The zero-order chi connectivity index (χ0) is 24.2. The molecule has 176 valence electrons. The normalized spacial score (nSPS) is 12.2. The van der Waals surface area contributed by atoms with Gasteiger partial charge in [-0.05, 0) is 68.2 Å². The quantitative estimate of drug-likeness (QED) is 0.244. The first-order valence-corrected chi connectivity index (χ1v) is 11.6. The van der Waals surface area contributed by atoms with Gasteiger partial charge < -0.3 is 18.9 Å². The molecule has 1 heterocycles. The molecular weight excluding hydrogens is 512 g/mol. The molecule has 4 aromatic rings. The van der Waals surface area contributed by atoms with Crippen LogP contribution in [0.2, 0.25) is 0 Å². The Morgan fingerprint density at radius 3 is 2.77 bits per heavy atom. The molecule has 0 saturated heterocycles. The van der Waals surface area contributed by atoms with Crippen LogP contribution in [0.25, 0.3) is 10.8 Å². The van der Waals surface area contributed by atoms with Gasteiger partial charge in [-0.3, -0.25) is 4.79 Å². The van der Waals surface area contributed by atoms with Gasteiger partial charge in [0.2, 0.25) is 6.79 Å². The van der Waals surface area contributed by atoms with Gasteiger partial charge in [0.25, 0.3) is 5.91 Å². The van der Waals surface area contributed by atoms with Gasteiger partial charge in [-0.15, -0.1) is 0 Å². The van der Waals surface area contributed by atoms with Crippen LogP contribution in [0.4, 0.5) is 0 Å². The first-order valence-electron chi connectivity index (χ1n) is 10.8. The molecule has 0 unspecified atom stereocenters. The summed E-state index contributed by atoms with van der Waals surface area (Å²) in [6.07, 6.45) is 1.53. The Kier molecular flexibility index (Phi) is 6.54. The van der Waals surface area contributed by atoms with E-state index in [1.807, 2.05) is 30.3 Å². The number of amides is 1. The fourth-order valence-electron chi connectivity index (χ4n) is 3.79. The summed E-state index contributed by atoms with van der Waals surface area (Å²) in [5.74, 6) is 1.92. The Bertz CT molecular complexity index is 1430. The van der Waals surface area contributed by atoms with E-state index in [2.05, 4.69) is 44.7 Å². The number of carbonyl (C=O) groups is 1. The lowest BCUT2D eigenvalue weighted by Gasteiger charge is -2.14. The third kappa shape index (κ3) is 4.93. The van der Waals surface area contributed by atoms with Gasteiger partial charge in [-0.2, -0.15) is 5.10 Å². The molecule has 0 atom stereocenters. The van der Waals surface area contributed by atoms with E-state index in [4.69, 9.17) is 18.9 Å². The van der Waals surface area contributed by atoms with Crippen LogP contribution in [-0.4, -0.2) is 26.0 Å². The van der Waals surface area contributed by atoms with E-state index >= 15 is 0 Å². The number of methoxy groups -OCH3 is 1. The number of ether oxygens (including phenoxy) is 4. The zero-order valence-electron chi connectivity index (χ0n) is 18.8. The molecule has 0 aliphatic carbocycles. The van der Waals surface area contributed by atoms with Gasteiger partial charge in [0.15, 0.2) is 23.0 Å². The number of hydrazone groups is 1. The van der Waals surface area contributed by atoms with Crippen molar-refractivity contribution in [2.24, 2.45) is 5.10 Å². The molecule has 1 aliphatic heterocycles. The maximum absolute atomic E-state index is 12.4. The van der Waals surface area contributed by atoms with Crippen molar-refractivity contribution in [1.82, 2.24) is 5.43 Å². The average molecular weight is 533 g/mol. The lowest BCUT2D eigenvalue weighted by atomic mass is 10.1. The van der Waals surface area contributed by atoms with Crippen LogP contribution in [0.1, 0.15) is 21.5 Å². The minimum atomic E-state index is -0.361. The molecule has 0 spiro atoms. The maximum atomic E-state index is 12.4. The average Bonchev–Trinajstić information content (AvgIpc) is 3.36. The molecule has 0 radical (unpaired) electrons. The van der Waals surface area contributed by atoms with Crippen LogP contribution in [0, 0.1) is 0 Å². The van der Waals surface area contributed by atoms with E-state index in [-0.39, 0.29) is 12.7 Å². The summed E-state index contributed by atoms with van der Waals surface area (Å²) in [6, 6.07) is 22.9. The molecule has 1 amide bonds. The first kappa shape index (κ1) is 22.7. The number of benzene rings is 4. The van der Waals surface area contributed by atoms with Crippen molar-refractivity contribution in [2.75, 3.05) is 13.9 Å². The Morgan fingerprint density at radius 2 is 1.89 bits per heavy atom. The van der Waals surface area contributed by atoms with Gasteiger partial charge in [-0.1, -0.05) is 42.5 Å². The molecule has 1 N–H and O–H groups in total. The molecule has 4 aromatic carbocycles. The van der Waals surface area contributed by atoms with Crippen LogP contribution in [0.3, 0.4) is 0 Å². The topological polar surface area (TPSA) is 78.4 Å². The second kappa shape index (κ2) is 10.1. The van der Waals surface area contributed by atoms with Gasteiger partial charge in [-0.25, -0.2) is 5.43 Å². The SMILES string of the molecule is COc1cc(/C=N\NC(=O)c2ccc3c(c2)OCO3)cc(Br)c1OCc1cccc2ccccc12. The third-order valence-corrected chi connectivity index (χ3v) is 6.11. The Morgan fingerprint density at radius 1 is 1.06 bits per heavy atom. The summed E-state index contributed by atoms with van der Waals surface area (Å²) in [7, 11) is 1.58. The molecule has 7 nitrogen and oxygen atoms in total.